The fourth-order valence-corrected chi connectivity index (χ4v) is 2.38. The molecule has 0 aliphatic heterocycles. The molecule has 1 aromatic carbocycles. The van der Waals surface area contributed by atoms with E-state index in [9.17, 15) is 9.59 Å². The first kappa shape index (κ1) is 19.4. The van der Waals surface area contributed by atoms with Crippen molar-refractivity contribution in [2.45, 2.75) is 46.3 Å². The molecule has 2 rings (SSSR count). The molecular formula is C18H25N5O3. The fraction of sp³-hybridized carbons (Fsp3) is 0.444. The third kappa shape index (κ3) is 4.81. The number of amides is 2. The Morgan fingerprint density at radius 3 is 2.38 bits per heavy atom. The first-order valence-corrected chi connectivity index (χ1v) is 8.40. The Morgan fingerprint density at radius 1 is 1.19 bits per heavy atom. The number of rotatable bonds is 4. The number of nitrogens with one attached hydrogen (secondary N) is 2. The highest BCUT2D eigenvalue weighted by Gasteiger charge is 2.27. The Bertz CT molecular complexity index is 833. The first-order chi connectivity index (χ1) is 12.1. The molecule has 1 aromatic heterocycles. The van der Waals surface area contributed by atoms with Crippen LogP contribution in [0.4, 0.5) is 16.4 Å². The van der Waals surface area contributed by atoms with Crippen LogP contribution >= 0.6 is 0 Å². The number of fused-ring (bicyclic) bond motifs is 1. The molecule has 0 saturated carbocycles. The van der Waals surface area contributed by atoms with Crippen LogP contribution in [0.25, 0.3) is 10.8 Å². The SMILES string of the molecule is CC(C)[C@H](NC(=O)OC(C)(C)C)C(=O)N=Nc1[nH]c(N)c2ccccc12. The number of carbonyl (C=O) groups is 2. The standard InChI is InChI=1S/C18H25N5O3/c1-10(2)13(20-17(25)26-18(3,4)5)16(24)23-22-15-12-9-7-6-8-11(12)14(19)21-15/h6-10,13,21H,19H2,1-5H3,(H,20,25)/t13-/m0/s1. The van der Waals surface area contributed by atoms with Crippen LogP contribution < -0.4 is 11.1 Å². The molecule has 2 aromatic rings. The van der Waals surface area contributed by atoms with Gasteiger partial charge >= 0.3 is 6.09 Å². The van der Waals surface area contributed by atoms with Crippen LogP contribution in [0.2, 0.25) is 0 Å². The Hall–Kier alpha value is -2.90. The minimum Gasteiger partial charge on any atom is -0.444 e. The van der Waals surface area contributed by atoms with Gasteiger partial charge in [0.1, 0.15) is 17.5 Å². The van der Waals surface area contributed by atoms with Crippen LogP contribution in [0, 0.1) is 5.92 Å². The molecule has 0 aliphatic carbocycles. The molecule has 0 saturated heterocycles. The lowest BCUT2D eigenvalue weighted by molar-refractivity contribution is -0.121. The van der Waals surface area contributed by atoms with E-state index in [2.05, 4.69) is 20.5 Å². The van der Waals surface area contributed by atoms with Crippen LogP contribution in [0.1, 0.15) is 34.6 Å². The van der Waals surface area contributed by atoms with Crippen molar-refractivity contribution in [3.63, 3.8) is 0 Å². The number of H-pyrrole nitrogens is 1. The highest BCUT2D eigenvalue weighted by atomic mass is 16.6. The smallest absolute Gasteiger partial charge is 0.408 e. The van der Waals surface area contributed by atoms with Gasteiger partial charge in [-0.15, -0.1) is 10.2 Å². The molecule has 0 bridgehead atoms. The van der Waals surface area contributed by atoms with Crippen LogP contribution in [0.3, 0.4) is 0 Å². The van der Waals surface area contributed by atoms with Gasteiger partial charge in [-0.1, -0.05) is 38.1 Å². The molecule has 8 heteroatoms. The molecule has 2 amide bonds. The molecule has 140 valence electrons. The number of aromatic nitrogens is 1. The summed E-state index contributed by atoms with van der Waals surface area (Å²) in [6.45, 7) is 8.85. The number of alkyl carbamates (subject to hydrolysis) is 1. The van der Waals surface area contributed by atoms with E-state index < -0.39 is 23.6 Å². The van der Waals surface area contributed by atoms with Crippen molar-refractivity contribution in [1.82, 2.24) is 10.3 Å². The molecule has 0 aliphatic rings. The second-order valence-electron chi connectivity index (χ2n) is 7.34. The maximum absolute atomic E-state index is 12.4. The van der Waals surface area contributed by atoms with Crippen molar-refractivity contribution in [3.8, 4) is 0 Å². The van der Waals surface area contributed by atoms with E-state index in [0.717, 1.165) is 10.8 Å². The fourth-order valence-electron chi connectivity index (χ4n) is 2.38. The Morgan fingerprint density at radius 2 is 1.81 bits per heavy atom. The maximum atomic E-state index is 12.4. The predicted octanol–water partition coefficient (Wildman–Crippen LogP) is 3.91. The van der Waals surface area contributed by atoms with E-state index in [4.69, 9.17) is 10.5 Å². The van der Waals surface area contributed by atoms with Crippen LogP contribution in [0.15, 0.2) is 34.5 Å². The van der Waals surface area contributed by atoms with Crippen molar-refractivity contribution in [2.24, 2.45) is 16.1 Å². The summed E-state index contributed by atoms with van der Waals surface area (Å²) in [7, 11) is 0. The van der Waals surface area contributed by atoms with Gasteiger partial charge in [0.15, 0.2) is 5.82 Å². The zero-order chi connectivity index (χ0) is 19.5. The third-order valence-corrected chi connectivity index (χ3v) is 3.58. The van der Waals surface area contributed by atoms with Gasteiger partial charge in [-0.25, -0.2) is 4.79 Å². The van der Waals surface area contributed by atoms with Crippen molar-refractivity contribution >= 4 is 34.4 Å². The quantitative estimate of drug-likeness (QED) is 0.716. The van der Waals surface area contributed by atoms with E-state index in [-0.39, 0.29) is 5.92 Å². The lowest BCUT2D eigenvalue weighted by Gasteiger charge is -2.23. The van der Waals surface area contributed by atoms with Gasteiger partial charge in [-0.2, -0.15) is 0 Å². The molecule has 26 heavy (non-hydrogen) atoms. The zero-order valence-electron chi connectivity index (χ0n) is 15.7. The van der Waals surface area contributed by atoms with E-state index in [1.54, 1.807) is 34.6 Å². The summed E-state index contributed by atoms with van der Waals surface area (Å²) in [5.74, 6) is 0.100. The van der Waals surface area contributed by atoms with E-state index in [0.29, 0.717) is 11.6 Å². The molecular weight excluding hydrogens is 334 g/mol. The van der Waals surface area contributed by atoms with Gasteiger partial charge < -0.3 is 20.8 Å². The van der Waals surface area contributed by atoms with Gasteiger partial charge in [-0.3, -0.25) is 4.79 Å². The number of benzene rings is 1. The highest BCUT2D eigenvalue weighted by Crippen LogP contribution is 2.30. The second kappa shape index (κ2) is 7.55. The summed E-state index contributed by atoms with van der Waals surface area (Å²) < 4.78 is 5.20. The molecule has 1 heterocycles. The number of nitrogens with zero attached hydrogens (tertiary/aromatic N) is 2. The largest absolute Gasteiger partial charge is 0.444 e. The second-order valence-corrected chi connectivity index (χ2v) is 7.34. The molecule has 1 atom stereocenters. The Labute approximate surface area is 152 Å². The molecule has 4 N–H and O–H groups in total. The lowest BCUT2D eigenvalue weighted by atomic mass is 10.0. The summed E-state index contributed by atoms with van der Waals surface area (Å²) in [6.07, 6.45) is -0.672. The third-order valence-electron chi connectivity index (χ3n) is 3.58. The van der Waals surface area contributed by atoms with Crippen molar-refractivity contribution in [2.75, 3.05) is 5.73 Å². The topological polar surface area (TPSA) is 122 Å². The number of carbonyl (C=O) groups excluding carboxylic acids is 2. The number of anilines is 1. The lowest BCUT2D eigenvalue weighted by Crippen LogP contribution is -2.45. The molecule has 8 nitrogen and oxygen atoms in total. The average molecular weight is 359 g/mol. The van der Waals surface area contributed by atoms with Crippen LogP contribution in [-0.2, 0) is 9.53 Å². The van der Waals surface area contributed by atoms with E-state index in [1.807, 2.05) is 24.3 Å². The molecule has 0 radical (unpaired) electrons. The summed E-state index contributed by atoms with van der Waals surface area (Å²) in [4.78, 5) is 27.3. The first-order valence-electron chi connectivity index (χ1n) is 8.40. The minimum absolute atomic E-state index is 0.181. The average Bonchev–Trinajstić information content (AvgIpc) is 2.85. The van der Waals surface area contributed by atoms with Gasteiger partial charge in [0.2, 0.25) is 0 Å². The number of nitrogen functional groups attached to an aromatic ring is 1. The number of azo groups is 1. The molecule has 0 unspecified atom stereocenters. The van der Waals surface area contributed by atoms with Crippen molar-refractivity contribution < 1.29 is 14.3 Å². The van der Waals surface area contributed by atoms with E-state index >= 15 is 0 Å². The normalized spacial score (nSPS) is 13.3. The van der Waals surface area contributed by atoms with Gasteiger partial charge in [0.25, 0.3) is 5.91 Å². The number of hydrogen-bond donors (Lipinski definition) is 3. The van der Waals surface area contributed by atoms with Gasteiger partial charge in [0.05, 0.1) is 0 Å². The van der Waals surface area contributed by atoms with Crippen LogP contribution in [0.5, 0.6) is 0 Å². The summed E-state index contributed by atoms with van der Waals surface area (Å²) >= 11 is 0. The predicted molar refractivity (Wildman–Crippen MR) is 100 cm³/mol. The Kier molecular flexibility index (Phi) is 5.64. The summed E-state index contributed by atoms with van der Waals surface area (Å²) in [5, 5.41) is 11.9. The van der Waals surface area contributed by atoms with Crippen molar-refractivity contribution in [1.29, 1.82) is 0 Å². The number of aromatic amines is 1. The van der Waals surface area contributed by atoms with Crippen LogP contribution in [-0.4, -0.2) is 28.6 Å². The molecule has 0 spiro atoms. The Balaban J connectivity index is 2.16. The number of hydrogen-bond acceptors (Lipinski definition) is 5. The highest BCUT2D eigenvalue weighted by molar-refractivity contribution is 5.99. The van der Waals surface area contributed by atoms with Gasteiger partial charge in [-0.05, 0) is 26.7 Å². The summed E-state index contributed by atoms with van der Waals surface area (Å²) in [5.41, 5.74) is 5.24. The number of ether oxygens (including phenoxy) is 1. The molecule has 0 fully saturated rings. The summed E-state index contributed by atoms with van der Waals surface area (Å²) in [6, 6.07) is 6.55. The van der Waals surface area contributed by atoms with Crippen molar-refractivity contribution in [3.05, 3.63) is 24.3 Å². The number of nitrogens with two attached hydrogens (primary N) is 1. The monoisotopic (exact) mass is 359 g/mol. The van der Waals surface area contributed by atoms with E-state index in [1.165, 1.54) is 0 Å². The minimum atomic E-state index is -0.841. The maximum Gasteiger partial charge on any atom is 0.408 e. The zero-order valence-corrected chi connectivity index (χ0v) is 15.7. The van der Waals surface area contributed by atoms with Gasteiger partial charge in [0, 0.05) is 10.8 Å².